The first kappa shape index (κ1) is 41.9. The molecule has 0 radical (unpaired) electrons. The zero-order valence-corrected chi connectivity index (χ0v) is 28.9. The second-order valence-corrected chi connectivity index (χ2v) is 13.8. The molecule has 4 rings (SSSR count). The van der Waals surface area contributed by atoms with E-state index < -0.39 is 111 Å². The van der Waals surface area contributed by atoms with Gasteiger partial charge in [0.2, 0.25) is 10.8 Å². The normalized spacial score (nSPS) is 46.0. The number of nitrogens with two attached hydrogens (primary N) is 4. The Morgan fingerprint density at radius 2 is 1.41 bits per heavy atom. The van der Waals surface area contributed by atoms with Gasteiger partial charge < -0.3 is 87.3 Å². The minimum Gasteiger partial charge on any atom is -0.394 e. The number of nitrogens with zero attached hydrogens (tertiary/aromatic N) is 2. The van der Waals surface area contributed by atoms with E-state index in [0.29, 0.717) is 25.8 Å². The molecule has 0 aromatic heterocycles. The molecule has 0 aromatic carbocycles. The molecule has 3 saturated heterocycles. The first-order chi connectivity index (χ1) is 24.2. The molecule has 19 unspecified atom stereocenters. The molecule has 1 amide bonds. The quantitative estimate of drug-likeness (QED) is 0.0424. The lowest BCUT2D eigenvalue weighted by Crippen LogP contribution is -2.67. The fraction of sp³-hybridized carbons (Fsp3) is 0.967. The van der Waals surface area contributed by atoms with Crippen molar-refractivity contribution in [3.63, 3.8) is 0 Å². The number of carbonyl (C=O) groups is 1. The van der Waals surface area contributed by atoms with Gasteiger partial charge in [-0.05, 0) is 25.7 Å². The van der Waals surface area contributed by atoms with Crippen molar-refractivity contribution in [3.8, 4) is 0 Å². The first-order valence-electron chi connectivity index (χ1n) is 17.5. The summed E-state index contributed by atoms with van der Waals surface area (Å²) in [5.41, 5.74) is 31.6. The van der Waals surface area contributed by atoms with E-state index >= 15 is 0 Å². The molecule has 4 aliphatic rings. The minimum absolute atomic E-state index is 0.134. The number of rotatable bonds is 15. The zero-order chi connectivity index (χ0) is 37.6. The van der Waals surface area contributed by atoms with Crippen LogP contribution >= 0.6 is 0 Å². The standard InChI is InChI=1S/C30H56N8O13/c1-3-14-11(2)20(41)18(33)28(46-14)49-25-13(32)8-12(31)21(42)27(25)51-30-24(45)26(16(10-39)48-30)50-29-19(34)23(44)22(43)15(47-29)9-36-17(40)6-4-5-7-37-38-35/h11-16,18-30,35,39,41-45H,3-10,31-34H2,1-2H3/p+1. The summed E-state index contributed by atoms with van der Waals surface area (Å²) in [5.74, 6) is -0.617. The summed E-state index contributed by atoms with van der Waals surface area (Å²) in [5, 5.41) is 70.8. The number of amides is 1. The molecule has 3 heterocycles. The van der Waals surface area contributed by atoms with Crippen LogP contribution < -0.4 is 33.2 Å². The summed E-state index contributed by atoms with van der Waals surface area (Å²) in [7, 11) is 0. The van der Waals surface area contributed by atoms with E-state index in [9.17, 15) is 35.4 Å². The highest BCUT2D eigenvalue weighted by Gasteiger charge is 2.54. The lowest BCUT2D eigenvalue weighted by Gasteiger charge is -2.47. The van der Waals surface area contributed by atoms with Crippen LogP contribution in [-0.4, -0.2) is 166 Å². The maximum atomic E-state index is 12.3. The van der Waals surface area contributed by atoms with Gasteiger partial charge in [-0.1, -0.05) is 13.8 Å². The zero-order valence-electron chi connectivity index (χ0n) is 28.9. The minimum atomic E-state index is -1.63. The van der Waals surface area contributed by atoms with Gasteiger partial charge in [0, 0.05) is 31.0 Å². The van der Waals surface area contributed by atoms with Crippen LogP contribution in [0.25, 0.3) is 0 Å². The first-order valence-corrected chi connectivity index (χ1v) is 17.5. The molecular formula is C30H57N8O13+. The molecule has 4 fully saturated rings. The summed E-state index contributed by atoms with van der Waals surface area (Å²) in [4.78, 5) is 15.2. The van der Waals surface area contributed by atoms with E-state index in [4.69, 9.17) is 56.9 Å². The Morgan fingerprint density at radius 1 is 0.804 bits per heavy atom. The molecule has 1 aliphatic carbocycles. The number of ether oxygens (including phenoxy) is 6. The van der Waals surface area contributed by atoms with Crippen LogP contribution in [0.1, 0.15) is 46.0 Å². The molecule has 3 aliphatic heterocycles. The van der Waals surface area contributed by atoms with Crippen molar-refractivity contribution >= 4 is 5.91 Å². The molecule has 51 heavy (non-hydrogen) atoms. The van der Waals surface area contributed by atoms with E-state index in [-0.39, 0.29) is 37.3 Å². The van der Waals surface area contributed by atoms with Crippen LogP contribution in [0.2, 0.25) is 0 Å². The summed E-state index contributed by atoms with van der Waals surface area (Å²) in [6.45, 7) is 3.15. The fourth-order valence-electron chi connectivity index (χ4n) is 6.98. The van der Waals surface area contributed by atoms with Gasteiger partial charge in [0.1, 0.15) is 66.0 Å². The van der Waals surface area contributed by atoms with Gasteiger partial charge in [0.15, 0.2) is 18.9 Å². The topological polar surface area (TPSA) is 360 Å². The Hall–Kier alpha value is -1.86. The van der Waals surface area contributed by atoms with Crippen molar-refractivity contribution in [1.29, 1.82) is 5.53 Å². The molecule has 0 bridgehead atoms. The van der Waals surface area contributed by atoms with Crippen molar-refractivity contribution in [2.45, 2.75) is 156 Å². The number of aliphatic hydroxyl groups is 6. The Kier molecular flexibility index (Phi) is 15.6. The maximum Gasteiger partial charge on any atom is 0.220 e. The van der Waals surface area contributed by atoms with Crippen molar-refractivity contribution in [1.82, 2.24) is 10.2 Å². The molecule has 19 atom stereocenters. The van der Waals surface area contributed by atoms with Crippen LogP contribution in [0.5, 0.6) is 0 Å². The summed E-state index contributed by atoms with van der Waals surface area (Å²) in [6.07, 6.45) is -15.7. The third kappa shape index (κ3) is 9.82. The van der Waals surface area contributed by atoms with E-state index in [1.54, 1.807) is 0 Å². The van der Waals surface area contributed by atoms with Crippen molar-refractivity contribution in [3.05, 3.63) is 0 Å². The second-order valence-electron chi connectivity index (χ2n) is 13.8. The molecule has 0 spiro atoms. The maximum absolute atomic E-state index is 12.3. The van der Waals surface area contributed by atoms with Gasteiger partial charge in [-0.3, -0.25) is 4.79 Å². The number of nitrogens with one attached hydrogen (secondary N) is 2. The Balaban J connectivity index is 1.42. The Labute approximate surface area is 295 Å². The van der Waals surface area contributed by atoms with Crippen molar-refractivity contribution in [2.75, 3.05) is 19.7 Å². The average Bonchev–Trinajstić information content (AvgIpc) is 3.40. The molecule has 0 aromatic rings. The monoisotopic (exact) mass is 737 g/mol. The van der Waals surface area contributed by atoms with Gasteiger partial charge in [-0.25, -0.2) is 0 Å². The van der Waals surface area contributed by atoms with E-state index in [1.807, 2.05) is 13.8 Å². The van der Waals surface area contributed by atoms with Crippen LogP contribution in [0.4, 0.5) is 0 Å². The smallest absolute Gasteiger partial charge is 0.220 e. The largest absolute Gasteiger partial charge is 0.394 e. The number of hydrogen-bond donors (Lipinski definition) is 12. The Bertz CT molecular complexity index is 1160. The van der Waals surface area contributed by atoms with Crippen molar-refractivity contribution in [2.24, 2.45) is 34.0 Å². The highest BCUT2D eigenvalue weighted by Crippen LogP contribution is 2.35. The highest BCUT2D eigenvalue weighted by molar-refractivity contribution is 5.75. The molecule has 21 heteroatoms. The van der Waals surface area contributed by atoms with E-state index in [0.717, 1.165) is 0 Å². The molecular weight excluding hydrogens is 680 g/mol. The number of aliphatic hydroxyl groups excluding tert-OH is 6. The Morgan fingerprint density at radius 3 is 2.06 bits per heavy atom. The molecule has 21 nitrogen and oxygen atoms in total. The number of unbranched alkanes of at least 4 members (excludes halogenated alkanes) is 1. The van der Waals surface area contributed by atoms with Crippen LogP contribution in [0.3, 0.4) is 0 Å². The summed E-state index contributed by atoms with van der Waals surface area (Å²) in [6, 6.07) is -3.91. The SMILES string of the molecule is CCC1OC(OC2C(N)CC(N)C(O)C2OC2OC(CO)C(OC3OC(CNC(=O)CCCCN=[N+]=N)C(O)C(O)C3N)C2O)C(N)C(O)C1C. The van der Waals surface area contributed by atoms with E-state index in [2.05, 4.69) is 15.3 Å². The lowest BCUT2D eigenvalue weighted by molar-refractivity contribution is -0.302. The second kappa shape index (κ2) is 18.9. The lowest BCUT2D eigenvalue weighted by atomic mass is 9.84. The van der Waals surface area contributed by atoms with Crippen molar-refractivity contribution < 1.29 is 63.9 Å². The number of hydrogen-bond acceptors (Lipinski definition) is 19. The van der Waals surface area contributed by atoms with Gasteiger partial charge in [-0.15, -0.1) is 0 Å². The van der Waals surface area contributed by atoms with Gasteiger partial charge in [0.25, 0.3) is 0 Å². The number of carbonyl (C=O) groups excluding carboxylic acids is 1. The third-order valence-electron chi connectivity index (χ3n) is 10.2. The van der Waals surface area contributed by atoms with Crippen LogP contribution in [0, 0.1) is 11.4 Å². The summed E-state index contributed by atoms with van der Waals surface area (Å²) < 4.78 is 35.9. The highest BCUT2D eigenvalue weighted by atomic mass is 16.8. The van der Waals surface area contributed by atoms with Crippen LogP contribution in [-0.2, 0) is 33.2 Å². The van der Waals surface area contributed by atoms with Gasteiger partial charge in [-0.2, -0.15) is 0 Å². The van der Waals surface area contributed by atoms with Gasteiger partial charge >= 0.3 is 0 Å². The van der Waals surface area contributed by atoms with Crippen LogP contribution in [0.15, 0.2) is 5.11 Å². The van der Waals surface area contributed by atoms with E-state index in [1.165, 1.54) is 0 Å². The predicted molar refractivity (Wildman–Crippen MR) is 173 cm³/mol. The van der Waals surface area contributed by atoms with Gasteiger partial charge in [0.05, 0.1) is 37.0 Å². The molecule has 1 saturated carbocycles. The molecule has 294 valence electrons. The summed E-state index contributed by atoms with van der Waals surface area (Å²) >= 11 is 0. The third-order valence-corrected chi connectivity index (χ3v) is 10.2. The average molecular weight is 738 g/mol. The predicted octanol–water partition coefficient (Wildman–Crippen LogP) is -5.29. The molecule has 16 N–H and O–H groups in total. The fourth-order valence-corrected chi connectivity index (χ4v) is 6.98.